The SMILES string of the molecule is CCC(C(=O)O)N(C)CC1CC1. The van der Waals surface area contributed by atoms with Crippen LogP contribution in [0.2, 0.25) is 0 Å². The standard InChI is InChI=1S/C9H17NO2/c1-3-8(9(11)12)10(2)6-7-4-5-7/h7-8H,3-6H2,1-2H3,(H,11,12). The zero-order valence-corrected chi connectivity index (χ0v) is 7.79. The maximum atomic E-state index is 10.7. The second-order valence-electron chi connectivity index (χ2n) is 3.65. The van der Waals surface area contributed by atoms with Crippen LogP contribution in [-0.4, -0.2) is 35.6 Å². The molecule has 0 aromatic heterocycles. The van der Waals surface area contributed by atoms with Crippen molar-refractivity contribution >= 4 is 5.97 Å². The van der Waals surface area contributed by atoms with Crippen molar-refractivity contribution in [2.75, 3.05) is 13.6 Å². The molecule has 1 fully saturated rings. The van der Waals surface area contributed by atoms with Gasteiger partial charge in [0, 0.05) is 6.54 Å². The molecule has 1 unspecified atom stereocenters. The molecule has 1 rings (SSSR count). The Morgan fingerprint density at radius 2 is 2.25 bits per heavy atom. The van der Waals surface area contributed by atoms with Crippen LogP contribution in [-0.2, 0) is 4.79 Å². The number of hydrogen-bond acceptors (Lipinski definition) is 2. The van der Waals surface area contributed by atoms with Gasteiger partial charge in [-0.1, -0.05) is 6.92 Å². The van der Waals surface area contributed by atoms with Crippen LogP contribution in [0.1, 0.15) is 26.2 Å². The highest BCUT2D eigenvalue weighted by Crippen LogP contribution is 2.29. The smallest absolute Gasteiger partial charge is 0.320 e. The number of carboxylic acids is 1. The van der Waals surface area contributed by atoms with Crippen LogP contribution in [0, 0.1) is 5.92 Å². The van der Waals surface area contributed by atoms with E-state index in [2.05, 4.69) is 0 Å². The number of likely N-dealkylation sites (N-methyl/N-ethyl adjacent to an activating group) is 1. The molecule has 70 valence electrons. The average molecular weight is 171 g/mol. The fourth-order valence-electron chi connectivity index (χ4n) is 1.51. The van der Waals surface area contributed by atoms with Crippen molar-refractivity contribution in [3.05, 3.63) is 0 Å². The number of hydrogen-bond donors (Lipinski definition) is 1. The molecule has 1 N–H and O–H groups in total. The molecule has 0 spiro atoms. The molecule has 0 bridgehead atoms. The molecule has 0 aromatic rings. The summed E-state index contributed by atoms with van der Waals surface area (Å²) in [4.78, 5) is 12.7. The van der Waals surface area contributed by atoms with E-state index in [0.29, 0.717) is 6.42 Å². The summed E-state index contributed by atoms with van der Waals surface area (Å²) in [5.74, 6) is 0.0732. The minimum Gasteiger partial charge on any atom is -0.480 e. The molecule has 3 heteroatoms. The topological polar surface area (TPSA) is 40.5 Å². The molecule has 12 heavy (non-hydrogen) atoms. The molecule has 0 aliphatic heterocycles. The molecule has 1 aliphatic rings. The van der Waals surface area contributed by atoms with Crippen LogP contribution in [0.4, 0.5) is 0 Å². The maximum Gasteiger partial charge on any atom is 0.320 e. The quantitative estimate of drug-likeness (QED) is 0.675. The van der Waals surface area contributed by atoms with Crippen molar-refractivity contribution in [2.45, 2.75) is 32.2 Å². The summed E-state index contributed by atoms with van der Waals surface area (Å²) in [6.07, 6.45) is 3.25. The third kappa shape index (κ3) is 2.48. The van der Waals surface area contributed by atoms with E-state index in [0.717, 1.165) is 12.5 Å². The molecule has 3 nitrogen and oxygen atoms in total. The van der Waals surface area contributed by atoms with E-state index in [-0.39, 0.29) is 6.04 Å². The van der Waals surface area contributed by atoms with Crippen molar-refractivity contribution in [2.24, 2.45) is 5.92 Å². The highest BCUT2D eigenvalue weighted by Gasteiger charge is 2.27. The summed E-state index contributed by atoms with van der Waals surface area (Å²) >= 11 is 0. The van der Waals surface area contributed by atoms with Gasteiger partial charge in [-0.3, -0.25) is 9.69 Å². The van der Waals surface area contributed by atoms with Gasteiger partial charge in [-0.05, 0) is 32.2 Å². The Hall–Kier alpha value is -0.570. The van der Waals surface area contributed by atoms with Crippen LogP contribution in [0.15, 0.2) is 0 Å². The first-order valence-corrected chi connectivity index (χ1v) is 4.58. The molecule has 0 heterocycles. The van der Waals surface area contributed by atoms with Gasteiger partial charge in [0.15, 0.2) is 0 Å². The van der Waals surface area contributed by atoms with Crippen molar-refractivity contribution < 1.29 is 9.90 Å². The van der Waals surface area contributed by atoms with E-state index in [1.165, 1.54) is 12.8 Å². The lowest BCUT2D eigenvalue weighted by molar-refractivity contribution is -0.142. The lowest BCUT2D eigenvalue weighted by atomic mass is 10.2. The van der Waals surface area contributed by atoms with E-state index >= 15 is 0 Å². The van der Waals surface area contributed by atoms with Gasteiger partial charge < -0.3 is 5.11 Å². The van der Waals surface area contributed by atoms with E-state index in [9.17, 15) is 4.79 Å². The van der Waals surface area contributed by atoms with E-state index < -0.39 is 5.97 Å². The number of nitrogens with zero attached hydrogens (tertiary/aromatic N) is 1. The molecule has 1 aliphatic carbocycles. The summed E-state index contributed by atoms with van der Waals surface area (Å²) in [7, 11) is 1.90. The van der Waals surface area contributed by atoms with Crippen LogP contribution in [0.25, 0.3) is 0 Å². The van der Waals surface area contributed by atoms with Crippen LogP contribution < -0.4 is 0 Å². The van der Waals surface area contributed by atoms with Crippen molar-refractivity contribution in [1.29, 1.82) is 0 Å². The van der Waals surface area contributed by atoms with E-state index in [1.807, 2.05) is 18.9 Å². The highest BCUT2D eigenvalue weighted by atomic mass is 16.4. The molecular formula is C9H17NO2. The number of carboxylic acid groups (broad SMARTS) is 1. The van der Waals surface area contributed by atoms with Gasteiger partial charge in [0.05, 0.1) is 0 Å². The van der Waals surface area contributed by atoms with Crippen molar-refractivity contribution in [3.63, 3.8) is 0 Å². The first-order chi connectivity index (χ1) is 5.65. The zero-order valence-electron chi connectivity index (χ0n) is 7.79. The first-order valence-electron chi connectivity index (χ1n) is 4.58. The highest BCUT2D eigenvalue weighted by molar-refractivity contribution is 5.73. The molecule has 0 radical (unpaired) electrons. The zero-order chi connectivity index (χ0) is 9.14. The van der Waals surface area contributed by atoms with Gasteiger partial charge in [0.1, 0.15) is 6.04 Å². The van der Waals surface area contributed by atoms with Gasteiger partial charge in [-0.2, -0.15) is 0 Å². The Morgan fingerprint density at radius 3 is 2.58 bits per heavy atom. The molecule has 0 amide bonds. The predicted octanol–water partition coefficient (Wildman–Crippen LogP) is 1.19. The third-order valence-electron chi connectivity index (χ3n) is 2.45. The monoisotopic (exact) mass is 171 g/mol. The molecule has 0 aromatic carbocycles. The molecule has 1 saturated carbocycles. The Labute approximate surface area is 73.4 Å². The fraction of sp³-hybridized carbons (Fsp3) is 0.889. The van der Waals surface area contributed by atoms with Crippen molar-refractivity contribution in [1.82, 2.24) is 4.90 Å². The summed E-state index contributed by atoms with van der Waals surface area (Å²) in [6, 6.07) is -0.286. The Bertz CT molecular complexity index is 166. The second kappa shape index (κ2) is 3.90. The normalized spacial score (nSPS) is 19.6. The third-order valence-corrected chi connectivity index (χ3v) is 2.45. The minimum atomic E-state index is -0.694. The lowest BCUT2D eigenvalue weighted by Gasteiger charge is -2.22. The number of carbonyl (C=O) groups is 1. The predicted molar refractivity (Wildman–Crippen MR) is 47.1 cm³/mol. The van der Waals surface area contributed by atoms with Gasteiger partial charge in [0.25, 0.3) is 0 Å². The number of aliphatic carboxylic acids is 1. The van der Waals surface area contributed by atoms with E-state index in [1.54, 1.807) is 0 Å². The number of rotatable bonds is 5. The van der Waals surface area contributed by atoms with Crippen LogP contribution >= 0.6 is 0 Å². The molecular weight excluding hydrogens is 154 g/mol. The average Bonchev–Trinajstić information content (AvgIpc) is 2.71. The minimum absolute atomic E-state index is 0.286. The van der Waals surface area contributed by atoms with Gasteiger partial charge >= 0.3 is 5.97 Å². The Kier molecular flexibility index (Phi) is 3.09. The summed E-state index contributed by atoms with van der Waals surface area (Å²) in [5, 5.41) is 8.84. The summed E-state index contributed by atoms with van der Waals surface area (Å²) in [6.45, 7) is 2.87. The summed E-state index contributed by atoms with van der Waals surface area (Å²) in [5.41, 5.74) is 0. The Morgan fingerprint density at radius 1 is 1.67 bits per heavy atom. The van der Waals surface area contributed by atoms with Crippen LogP contribution in [0.3, 0.4) is 0 Å². The van der Waals surface area contributed by atoms with Crippen molar-refractivity contribution in [3.8, 4) is 0 Å². The summed E-state index contributed by atoms with van der Waals surface area (Å²) < 4.78 is 0. The molecule has 1 atom stereocenters. The Balaban J connectivity index is 2.34. The molecule has 0 saturated heterocycles. The maximum absolute atomic E-state index is 10.7. The fourth-order valence-corrected chi connectivity index (χ4v) is 1.51. The van der Waals surface area contributed by atoms with Crippen LogP contribution in [0.5, 0.6) is 0 Å². The van der Waals surface area contributed by atoms with Gasteiger partial charge in [-0.15, -0.1) is 0 Å². The van der Waals surface area contributed by atoms with E-state index in [4.69, 9.17) is 5.11 Å². The van der Waals surface area contributed by atoms with Gasteiger partial charge in [-0.25, -0.2) is 0 Å². The lowest BCUT2D eigenvalue weighted by Crippen LogP contribution is -2.39. The van der Waals surface area contributed by atoms with Gasteiger partial charge in [0.2, 0.25) is 0 Å². The second-order valence-corrected chi connectivity index (χ2v) is 3.65. The first kappa shape index (κ1) is 9.52. The largest absolute Gasteiger partial charge is 0.480 e.